The van der Waals surface area contributed by atoms with Crippen LogP contribution in [0.2, 0.25) is 0 Å². The van der Waals surface area contributed by atoms with Gasteiger partial charge in [0.15, 0.2) is 0 Å². The van der Waals surface area contributed by atoms with Crippen LogP contribution in [0.25, 0.3) is 0 Å². The van der Waals surface area contributed by atoms with Crippen LogP contribution in [0, 0.1) is 5.82 Å². The Morgan fingerprint density at radius 2 is 1.61 bits per heavy atom. The first-order valence-electron chi connectivity index (χ1n) is 13.2. The molecule has 5 rings (SSSR count). The predicted octanol–water partition coefficient (Wildman–Crippen LogP) is 6.67. The molecule has 1 saturated carbocycles. The third-order valence-corrected chi connectivity index (χ3v) is 7.93. The second-order valence-corrected chi connectivity index (χ2v) is 10.0. The second kappa shape index (κ2) is 11.3. The third kappa shape index (κ3) is 5.31. The van der Waals surface area contributed by atoms with Gasteiger partial charge in [-0.05, 0) is 73.6 Å². The van der Waals surface area contributed by atoms with Crippen LogP contribution in [0.1, 0.15) is 60.4 Å². The van der Waals surface area contributed by atoms with Gasteiger partial charge in [-0.2, -0.15) is 0 Å². The Labute approximate surface area is 213 Å². The molecule has 0 N–H and O–H groups in total. The van der Waals surface area contributed by atoms with E-state index in [-0.39, 0.29) is 17.8 Å². The van der Waals surface area contributed by atoms with Crippen molar-refractivity contribution in [2.24, 2.45) is 0 Å². The molecular weight excluding hydrogens is 451 g/mol. The molecular formula is C31H35FN2O2. The molecule has 5 heteroatoms. The summed E-state index contributed by atoms with van der Waals surface area (Å²) in [5.74, 6) is 0.858. The lowest BCUT2D eigenvalue weighted by Crippen LogP contribution is -2.51. The number of halogens is 1. The Balaban J connectivity index is 1.36. The van der Waals surface area contributed by atoms with Crippen LogP contribution >= 0.6 is 0 Å². The molecule has 0 bridgehead atoms. The summed E-state index contributed by atoms with van der Waals surface area (Å²) in [4.78, 5) is 18.3. The zero-order valence-corrected chi connectivity index (χ0v) is 21.0. The zero-order chi connectivity index (χ0) is 24.9. The van der Waals surface area contributed by atoms with E-state index in [0.29, 0.717) is 17.5 Å². The lowest BCUT2D eigenvalue weighted by molar-refractivity contribution is 0.0895. The zero-order valence-electron chi connectivity index (χ0n) is 21.0. The number of likely N-dealkylation sites (tertiary alicyclic amines) is 1. The van der Waals surface area contributed by atoms with Crippen LogP contribution in [-0.2, 0) is 0 Å². The van der Waals surface area contributed by atoms with Gasteiger partial charge in [-0.25, -0.2) is 4.39 Å². The van der Waals surface area contributed by atoms with Crippen molar-refractivity contribution in [1.82, 2.24) is 4.90 Å². The standard InChI is InChI=1S/C31H35FN2O2/c1-36-28-11-7-10-27(22-28)34(31(35)24-14-16-25(32)17-15-24)26-18-20-33(21-19-26)30-13-6-5-12-29(30)23-8-3-2-4-9-23/h2-4,7-11,14-17,22,26,29-30H,5-6,12-13,18-21H2,1H3. The van der Waals surface area contributed by atoms with Crippen LogP contribution in [0.5, 0.6) is 5.75 Å². The maximum atomic E-state index is 13.7. The molecule has 1 heterocycles. The van der Waals surface area contributed by atoms with E-state index in [2.05, 4.69) is 35.2 Å². The Bertz CT molecular complexity index is 1140. The number of hydrogen-bond donors (Lipinski definition) is 0. The number of rotatable bonds is 6. The summed E-state index contributed by atoms with van der Waals surface area (Å²) >= 11 is 0. The number of carbonyl (C=O) groups excluding carboxylic acids is 1. The fourth-order valence-electron chi connectivity index (χ4n) is 6.10. The van der Waals surface area contributed by atoms with Gasteiger partial charge in [-0.1, -0.05) is 49.2 Å². The van der Waals surface area contributed by atoms with E-state index in [1.807, 2.05) is 29.2 Å². The van der Waals surface area contributed by atoms with Gasteiger partial charge in [-0.15, -0.1) is 0 Å². The molecule has 1 aliphatic carbocycles. The van der Waals surface area contributed by atoms with Gasteiger partial charge >= 0.3 is 0 Å². The number of methoxy groups -OCH3 is 1. The third-order valence-electron chi connectivity index (χ3n) is 7.93. The van der Waals surface area contributed by atoms with E-state index in [9.17, 15) is 9.18 Å². The maximum absolute atomic E-state index is 13.7. The van der Waals surface area contributed by atoms with E-state index in [1.165, 1.54) is 43.4 Å². The molecule has 1 aliphatic heterocycles. The molecule has 3 aromatic carbocycles. The number of benzene rings is 3. The number of nitrogens with zero attached hydrogens (tertiary/aromatic N) is 2. The lowest BCUT2D eigenvalue weighted by atomic mass is 9.78. The summed E-state index contributed by atoms with van der Waals surface area (Å²) in [6.07, 6.45) is 6.87. The molecule has 1 amide bonds. The molecule has 0 radical (unpaired) electrons. The van der Waals surface area contributed by atoms with Crippen LogP contribution in [0.15, 0.2) is 78.9 Å². The van der Waals surface area contributed by atoms with Crippen LogP contribution in [0.4, 0.5) is 10.1 Å². The summed E-state index contributed by atoms with van der Waals surface area (Å²) in [5.41, 5.74) is 2.77. The summed E-state index contributed by atoms with van der Waals surface area (Å²) < 4.78 is 19.0. The van der Waals surface area contributed by atoms with Gasteiger partial charge in [0.2, 0.25) is 0 Å². The molecule has 36 heavy (non-hydrogen) atoms. The fraction of sp³-hybridized carbons (Fsp3) is 0.387. The molecule has 0 aromatic heterocycles. The number of ether oxygens (including phenoxy) is 1. The second-order valence-electron chi connectivity index (χ2n) is 10.0. The fourth-order valence-corrected chi connectivity index (χ4v) is 6.10. The van der Waals surface area contributed by atoms with Crippen molar-refractivity contribution in [1.29, 1.82) is 0 Å². The monoisotopic (exact) mass is 486 g/mol. The Morgan fingerprint density at radius 3 is 2.33 bits per heavy atom. The van der Waals surface area contributed by atoms with Gasteiger partial charge < -0.3 is 9.64 Å². The van der Waals surface area contributed by atoms with Crippen molar-refractivity contribution in [3.05, 3.63) is 95.8 Å². The summed E-state index contributed by atoms with van der Waals surface area (Å²) in [6, 6.07) is 25.1. The Kier molecular flexibility index (Phi) is 7.66. The van der Waals surface area contributed by atoms with Crippen molar-refractivity contribution in [2.75, 3.05) is 25.1 Å². The van der Waals surface area contributed by atoms with Gasteiger partial charge in [0.25, 0.3) is 5.91 Å². The number of amides is 1. The van der Waals surface area contributed by atoms with Crippen molar-refractivity contribution >= 4 is 11.6 Å². The van der Waals surface area contributed by atoms with Gasteiger partial charge in [-0.3, -0.25) is 9.69 Å². The highest BCUT2D eigenvalue weighted by atomic mass is 19.1. The molecule has 2 fully saturated rings. The molecule has 0 spiro atoms. The summed E-state index contributed by atoms with van der Waals surface area (Å²) in [5, 5.41) is 0. The minimum atomic E-state index is -0.340. The summed E-state index contributed by atoms with van der Waals surface area (Å²) in [6.45, 7) is 1.94. The smallest absolute Gasteiger partial charge is 0.258 e. The highest BCUT2D eigenvalue weighted by molar-refractivity contribution is 6.06. The molecule has 1 saturated heterocycles. The van der Waals surface area contributed by atoms with Crippen LogP contribution in [0.3, 0.4) is 0 Å². The average Bonchev–Trinajstić information content (AvgIpc) is 2.94. The minimum Gasteiger partial charge on any atom is -0.497 e. The van der Waals surface area contributed by atoms with E-state index in [0.717, 1.165) is 37.4 Å². The molecule has 3 aromatic rings. The first-order chi connectivity index (χ1) is 17.6. The first kappa shape index (κ1) is 24.5. The SMILES string of the molecule is COc1cccc(N(C(=O)c2ccc(F)cc2)C2CCN(C3CCCCC3c3ccccc3)CC2)c1. The van der Waals surface area contributed by atoms with Crippen molar-refractivity contribution in [3.8, 4) is 5.75 Å². The number of hydrogen-bond acceptors (Lipinski definition) is 3. The normalized spacial score (nSPS) is 21.2. The highest BCUT2D eigenvalue weighted by Crippen LogP contribution is 2.38. The van der Waals surface area contributed by atoms with E-state index in [4.69, 9.17) is 4.74 Å². The van der Waals surface area contributed by atoms with Crippen molar-refractivity contribution in [3.63, 3.8) is 0 Å². The van der Waals surface area contributed by atoms with Gasteiger partial charge in [0.1, 0.15) is 11.6 Å². The van der Waals surface area contributed by atoms with Crippen molar-refractivity contribution in [2.45, 2.75) is 56.5 Å². The van der Waals surface area contributed by atoms with E-state index < -0.39 is 0 Å². The van der Waals surface area contributed by atoms with Crippen LogP contribution < -0.4 is 9.64 Å². The van der Waals surface area contributed by atoms with Gasteiger partial charge in [0, 0.05) is 42.5 Å². The topological polar surface area (TPSA) is 32.8 Å². The first-order valence-corrected chi connectivity index (χ1v) is 13.2. The Morgan fingerprint density at radius 1 is 0.889 bits per heavy atom. The minimum absolute atomic E-state index is 0.0738. The molecule has 2 unspecified atom stereocenters. The predicted molar refractivity (Wildman–Crippen MR) is 142 cm³/mol. The highest BCUT2D eigenvalue weighted by Gasteiger charge is 2.36. The molecule has 2 aliphatic rings. The molecule has 4 nitrogen and oxygen atoms in total. The maximum Gasteiger partial charge on any atom is 0.258 e. The number of piperidine rings is 1. The quantitative estimate of drug-likeness (QED) is 0.390. The lowest BCUT2D eigenvalue weighted by Gasteiger charge is -2.45. The summed E-state index contributed by atoms with van der Waals surface area (Å²) in [7, 11) is 1.64. The van der Waals surface area contributed by atoms with Gasteiger partial charge in [0.05, 0.1) is 7.11 Å². The average molecular weight is 487 g/mol. The van der Waals surface area contributed by atoms with E-state index in [1.54, 1.807) is 19.2 Å². The van der Waals surface area contributed by atoms with Crippen molar-refractivity contribution < 1.29 is 13.9 Å². The number of carbonyl (C=O) groups is 1. The van der Waals surface area contributed by atoms with E-state index >= 15 is 0 Å². The Hall–Kier alpha value is -3.18. The molecule has 2 atom stereocenters. The number of anilines is 1. The largest absolute Gasteiger partial charge is 0.497 e. The molecule has 188 valence electrons. The van der Waals surface area contributed by atoms with Crippen LogP contribution in [-0.4, -0.2) is 43.1 Å².